The van der Waals surface area contributed by atoms with Gasteiger partial charge in [0.25, 0.3) is 5.91 Å². The standard InChI is InChI=1S/C16H12ClNO2/c1-20-12-4-2-3-10(7-12)8-14-13-9-11(17)5-6-15(13)18-16(14)19/h2-9H,1H3,(H,18,19). The molecule has 3 rings (SSSR count). The minimum atomic E-state index is -0.120. The molecule has 2 aromatic rings. The maximum absolute atomic E-state index is 12.0. The fourth-order valence-electron chi connectivity index (χ4n) is 2.20. The van der Waals surface area contributed by atoms with Crippen molar-refractivity contribution in [3.63, 3.8) is 0 Å². The molecule has 0 saturated carbocycles. The Kier molecular flexibility index (Phi) is 3.20. The highest BCUT2D eigenvalue weighted by Crippen LogP contribution is 2.35. The van der Waals surface area contributed by atoms with Crippen LogP contribution in [-0.2, 0) is 4.79 Å². The van der Waals surface area contributed by atoms with Crippen molar-refractivity contribution in [3.05, 3.63) is 58.6 Å². The van der Waals surface area contributed by atoms with E-state index in [0.29, 0.717) is 10.6 Å². The van der Waals surface area contributed by atoms with E-state index in [1.54, 1.807) is 19.2 Å². The van der Waals surface area contributed by atoms with Crippen LogP contribution in [0.4, 0.5) is 5.69 Å². The predicted molar refractivity (Wildman–Crippen MR) is 80.9 cm³/mol. The summed E-state index contributed by atoms with van der Waals surface area (Å²) in [5.41, 5.74) is 3.12. The molecule has 4 heteroatoms. The first-order valence-electron chi connectivity index (χ1n) is 6.14. The smallest absolute Gasteiger partial charge is 0.256 e. The van der Waals surface area contributed by atoms with Gasteiger partial charge in [-0.3, -0.25) is 4.79 Å². The quantitative estimate of drug-likeness (QED) is 0.851. The molecule has 0 atom stereocenters. The van der Waals surface area contributed by atoms with Gasteiger partial charge < -0.3 is 10.1 Å². The molecule has 1 heterocycles. The average Bonchev–Trinajstić information content (AvgIpc) is 2.75. The highest BCUT2D eigenvalue weighted by molar-refractivity contribution is 6.36. The van der Waals surface area contributed by atoms with Crippen LogP contribution < -0.4 is 10.1 Å². The molecule has 0 radical (unpaired) electrons. The largest absolute Gasteiger partial charge is 0.497 e. The van der Waals surface area contributed by atoms with Crippen molar-refractivity contribution in [2.24, 2.45) is 0 Å². The minimum Gasteiger partial charge on any atom is -0.497 e. The highest BCUT2D eigenvalue weighted by Gasteiger charge is 2.24. The number of methoxy groups -OCH3 is 1. The Labute approximate surface area is 121 Å². The molecule has 0 aliphatic carbocycles. The van der Waals surface area contributed by atoms with Gasteiger partial charge in [0.2, 0.25) is 0 Å². The first-order chi connectivity index (χ1) is 9.67. The van der Waals surface area contributed by atoms with E-state index in [9.17, 15) is 4.79 Å². The fraction of sp³-hybridized carbons (Fsp3) is 0.0625. The van der Waals surface area contributed by atoms with E-state index in [4.69, 9.17) is 16.3 Å². The van der Waals surface area contributed by atoms with Crippen LogP contribution in [0.15, 0.2) is 42.5 Å². The van der Waals surface area contributed by atoms with Crippen molar-refractivity contribution in [3.8, 4) is 5.75 Å². The van der Waals surface area contributed by atoms with Crippen LogP contribution in [-0.4, -0.2) is 13.0 Å². The Balaban J connectivity index is 2.08. The molecule has 0 unspecified atom stereocenters. The predicted octanol–water partition coefficient (Wildman–Crippen LogP) is 3.84. The van der Waals surface area contributed by atoms with E-state index in [0.717, 1.165) is 22.6 Å². The second kappa shape index (κ2) is 5.02. The first-order valence-corrected chi connectivity index (χ1v) is 6.52. The summed E-state index contributed by atoms with van der Waals surface area (Å²) >= 11 is 6.00. The number of hydrogen-bond donors (Lipinski definition) is 1. The summed E-state index contributed by atoms with van der Waals surface area (Å²) in [5, 5.41) is 3.43. The summed E-state index contributed by atoms with van der Waals surface area (Å²) in [5.74, 6) is 0.633. The van der Waals surface area contributed by atoms with E-state index in [1.165, 1.54) is 0 Å². The Morgan fingerprint density at radius 1 is 1.20 bits per heavy atom. The van der Waals surface area contributed by atoms with Crippen LogP contribution in [0.1, 0.15) is 11.1 Å². The molecule has 1 aliphatic rings. The molecule has 0 spiro atoms. The molecule has 20 heavy (non-hydrogen) atoms. The Hall–Kier alpha value is -2.26. The summed E-state index contributed by atoms with van der Waals surface area (Å²) in [7, 11) is 1.61. The molecule has 1 aliphatic heterocycles. The van der Waals surface area contributed by atoms with Gasteiger partial charge in [-0.25, -0.2) is 0 Å². The zero-order valence-electron chi connectivity index (χ0n) is 10.8. The van der Waals surface area contributed by atoms with Gasteiger partial charge in [-0.05, 0) is 42.0 Å². The van der Waals surface area contributed by atoms with Gasteiger partial charge in [0, 0.05) is 21.8 Å². The van der Waals surface area contributed by atoms with Crippen molar-refractivity contribution < 1.29 is 9.53 Å². The zero-order chi connectivity index (χ0) is 14.1. The van der Waals surface area contributed by atoms with E-state index in [2.05, 4.69) is 5.32 Å². The van der Waals surface area contributed by atoms with Crippen molar-refractivity contribution >= 4 is 34.8 Å². The van der Waals surface area contributed by atoms with E-state index >= 15 is 0 Å². The maximum Gasteiger partial charge on any atom is 0.256 e. The molecular weight excluding hydrogens is 274 g/mol. The van der Waals surface area contributed by atoms with E-state index < -0.39 is 0 Å². The number of carbonyl (C=O) groups is 1. The van der Waals surface area contributed by atoms with Gasteiger partial charge in [0.1, 0.15) is 5.75 Å². The average molecular weight is 286 g/mol. The summed E-state index contributed by atoms with van der Waals surface area (Å²) in [6.45, 7) is 0. The van der Waals surface area contributed by atoms with Gasteiger partial charge in [-0.15, -0.1) is 0 Å². The second-order valence-corrected chi connectivity index (χ2v) is 4.92. The number of halogens is 1. The van der Waals surface area contributed by atoms with Crippen LogP contribution in [0.5, 0.6) is 5.75 Å². The van der Waals surface area contributed by atoms with Gasteiger partial charge >= 0.3 is 0 Å². The number of anilines is 1. The topological polar surface area (TPSA) is 38.3 Å². The normalized spacial score (nSPS) is 15.1. The summed E-state index contributed by atoms with van der Waals surface area (Å²) in [6, 6.07) is 12.9. The zero-order valence-corrected chi connectivity index (χ0v) is 11.6. The van der Waals surface area contributed by atoms with Gasteiger partial charge in [-0.1, -0.05) is 23.7 Å². The Bertz CT molecular complexity index is 722. The molecule has 3 nitrogen and oxygen atoms in total. The molecule has 2 aromatic carbocycles. The minimum absolute atomic E-state index is 0.120. The third-order valence-corrected chi connectivity index (χ3v) is 3.40. The van der Waals surface area contributed by atoms with Crippen molar-refractivity contribution in [1.82, 2.24) is 0 Å². The molecular formula is C16H12ClNO2. The van der Waals surface area contributed by atoms with Crippen LogP contribution in [0.3, 0.4) is 0 Å². The molecule has 0 fully saturated rings. The van der Waals surface area contributed by atoms with E-state index in [1.807, 2.05) is 36.4 Å². The summed E-state index contributed by atoms with van der Waals surface area (Å²) in [4.78, 5) is 12.0. The third-order valence-electron chi connectivity index (χ3n) is 3.17. The summed E-state index contributed by atoms with van der Waals surface area (Å²) in [6.07, 6.45) is 1.83. The number of benzene rings is 2. The lowest BCUT2D eigenvalue weighted by atomic mass is 10.0. The molecule has 0 saturated heterocycles. The van der Waals surface area contributed by atoms with Gasteiger partial charge in [0.15, 0.2) is 0 Å². The molecule has 0 bridgehead atoms. The lowest BCUT2D eigenvalue weighted by Gasteiger charge is -2.02. The molecule has 100 valence electrons. The molecule has 1 amide bonds. The lowest BCUT2D eigenvalue weighted by Crippen LogP contribution is -2.03. The second-order valence-electron chi connectivity index (χ2n) is 4.48. The number of carbonyl (C=O) groups excluding carboxylic acids is 1. The molecule has 1 N–H and O–H groups in total. The first kappa shape index (κ1) is 12.8. The SMILES string of the molecule is COc1cccc(C=C2C(=O)Nc3ccc(Cl)cc32)c1. The number of ether oxygens (including phenoxy) is 1. The van der Waals surface area contributed by atoms with E-state index in [-0.39, 0.29) is 5.91 Å². The van der Waals surface area contributed by atoms with Crippen LogP contribution in [0, 0.1) is 0 Å². The van der Waals surface area contributed by atoms with Crippen LogP contribution in [0.2, 0.25) is 5.02 Å². The number of fused-ring (bicyclic) bond motifs is 1. The van der Waals surface area contributed by atoms with Crippen molar-refractivity contribution in [2.45, 2.75) is 0 Å². The number of hydrogen-bond acceptors (Lipinski definition) is 2. The molecule has 0 aromatic heterocycles. The van der Waals surface area contributed by atoms with Gasteiger partial charge in [0.05, 0.1) is 7.11 Å². The number of rotatable bonds is 2. The Morgan fingerprint density at radius 2 is 2.05 bits per heavy atom. The van der Waals surface area contributed by atoms with Crippen LogP contribution >= 0.6 is 11.6 Å². The number of amides is 1. The maximum atomic E-state index is 12.0. The van der Waals surface area contributed by atoms with Crippen LogP contribution in [0.25, 0.3) is 11.6 Å². The fourth-order valence-corrected chi connectivity index (χ4v) is 2.37. The third kappa shape index (κ3) is 2.28. The highest BCUT2D eigenvalue weighted by atomic mass is 35.5. The summed E-state index contributed by atoms with van der Waals surface area (Å²) < 4.78 is 5.18. The lowest BCUT2D eigenvalue weighted by molar-refractivity contribution is -0.110. The number of nitrogens with one attached hydrogen (secondary N) is 1. The monoisotopic (exact) mass is 285 g/mol. The van der Waals surface area contributed by atoms with Crippen molar-refractivity contribution in [2.75, 3.05) is 12.4 Å². The van der Waals surface area contributed by atoms with Gasteiger partial charge in [-0.2, -0.15) is 0 Å². The Morgan fingerprint density at radius 3 is 2.85 bits per heavy atom. The van der Waals surface area contributed by atoms with Crippen molar-refractivity contribution in [1.29, 1.82) is 0 Å².